The monoisotopic (exact) mass is 561 g/mol. The van der Waals surface area contributed by atoms with Gasteiger partial charge in [0.25, 0.3) is 0 Å². The Kier molecular flexibility index (Phi) is 9.39. The minimum absolute atomic E-state index is 0.0172. The summed E-state index contributed by atoms with van der Waals surface area (Å²) in [5, 5.41) is 2.57. The van der Waals surface area contributed by atoms with Crippen LogP contribution in [-0.2, 0) is 38.8 Å². The highest BCUT2D eigenvalue weighted by atomic mass is 32.2. The molecule has 3 aromatic rings. The van der Waals surface area contributed by atoms with Crippen molar-refractivity contribution in [2.75, 3.05) is 24.2 Å². The second kappa shape index (κ2) is 12.3. The molecule has 1 atom stereocenters. The Hall–Kier alpha value is -3.86. The van der Waals surface area contributed by atoms with Crippen LogP contribution < -0.4 is 9.62 Å². The predicted molar refractivity (Wildman–Crippen MR) is 143 cm³/mol. The number of alkyl halides is 3. The fraction of sp³-hybridized carbons (Fsp3) is 0.286. The van der Waals surface area contributed by atoms with Crippen molar-refractivity contribution in [3.63, 3.8) is 0 Å². The maximum atomic E-state index is 13.8. The number of halogens is 3. The number of nitrogens with one attached hydrogen (secondary N) is 1. The van der Waals surface area contributed by atoms with Crippen molar-refractivity contribution >= 4 is 27.5 Å². The molecule has 0 bridgehead atoms. The molecule has 0 aromatic heterocycles. The van der Waals surface area contributed by atoms with Gasteiger partial charge in [0.15, 0.2) is 0 Å². The highest BCUT2D eigenvalue weighted by molar-refractivity contribution is 7.92. The van der Waals surface area contributed by atoms with Crippen LogP contribution in [0, 0.1) is 6.92 Å². The molecular formula is C28H30F3N3O4S. The summed E-state index contributed by atoms with van der Waals surface area (Å²) in [7, 11) is -2.75. The number of nitrogens with zero attached hydrogens (tertiary/aromatic N) is 2. The first-order chi connectivity index (χ1) is 18.3. The van der Waals surface area contributed by atoms with Gasteiger partial charge in [0.2, 0.25) is 21.8 Å². The van der Waals surface area contributed by atoms with Crippen molar-refractivity contribution in [1.29, 1.82) is 0 Å². The summed E-state index contributed by atoms with van der Waals surface area (Å²) in [6.45, 7) is 1.03. The van der Waals surface area contributed by atoms with E-state index >= 15 is 0 Å². The summed E-state index contributed by atoms with van der Waals surface area (Å²) < 4.78 is 66.1. The summed E-state index contributed by atoms with van der Waals surface area (Å²) in [4.78, 5) is 28.2. The summed E-state index contributed by atoms with van der Waals surface area (Å²) >= 11 is 0. The van der Waals surface area contributed by atoms with E-state index in [2.05, 4.69) is 5.32 Å². The number of benzene rings is 3. The lowest BCUT2D eigenvalue weighted by molar-refractivity contribution is -0.139. The second-order valence-corrected chi connectivity index (χ2v) is 11.0. The van der Waals surface area contributed by atoms with Crippen molar-refractivity contribution in [3.8, 4) is 0 Å². The Balaban J connectivity index is 2.06. The molecule has 39 heavy (non-hydrogen) atoms. The van der Waals surface area contributed by atoms with Gasteiger partial charge in [-0.2, -0.15) is 13.2 Å². The number of aryl methyl sites for hydroxylation is 1. The Morgan fingerprint density at radius 2 is 1.59 bits per heavy atom. The van der Waals surface area contributed by atoms with Crippen LogP contribution >= 0.6 is 0 Å². The van der Waals surface area contributed by atoms with Gasteiger partial charge in [-0.3, -0.25) is 13.9 Å². The number of anilines is 1. The van der Waals surface area contributed by atoms with E-state index in [-0.39, 0.29) is 18.7 Å². The van der Waals surface area contributed by atoms with Crippen LogP contribution in [0.1, 0.15) is 22.3 Å². The maximum absolute atomic E-state index is 13.8. The smallest absolute Gasteiger partial charge is 0.357 e. The quantitative estimate of drug-likeness (QED) is 0.403. The zero-order chi connectivity index (χ0) is 28.8. The van der Waals surface area contributed by atoms with Gasteiger partial charge in [0.05, 0.1) is 17.5 Å². The van der Waals surface area contributed by atoms with Crippen molar-refractivity contribution in [2.45, 2.75) is 32.1 Å². The number of rotatable bonds is 10. The molecule has 0 aliphatic carbocycles. The Bertz CT molecular complexity index is 1410. The van der Waals surface area contributed by atoms with Crippen LogP contribution in [0.25, 0.3) is 0 Å². The molecule has 0 fully saturated rings. The summed E-state index contributed by atoms with van der Waals surface area (Å²) in [6.07, 6.45) is -3.76. The van der Waals surface area contributed by atoms with Gasteiger partial charge < -0.3 is 10.2 Å². The van der Waals surface area contributed by atoms with Gasteiger partial charge in [-0.1, -0.05) is 60.7 Å². The van der Waals surface area contributed by atoms with Crippen LogP contribution in [0.2, 0.25) is 0 Å². The van der Waals surface area contributed by atoms with E-state index in [9.17, 15) is 31.2 Å². The lowest BCUT2D eigenvalue weighted by Crippen LogP contribution is -2.53. The zero-order valence-corrected chi connectivity index (χ0v) is 22.6. The van der Waals surface area contributed by atoms with Crippen molar-refractivity contribution < 1.29 is 31.2 Å². The third kappa shape index (κ3) is 7.82. The van der Waals surface area contributed by atoms with E-state index in [0.717, 1.165) is 35.1 Å². The molecule has 0 aliphatic rings. The third-order valence-corrected chi connectivity index (χ3v) is 7.40. The standard InChI is InChI=1S/C28H30F3N3O4S/c1-20-10-7-8-13-22(20)18-33(25(27(36)32-2)16-21-11-5-4-6-12-21)26(35)19-34(39(3,37)38)24-15-9-14-23(17-24)28(29,30)31/h4-15,17,25H,16,18-19H2,1-3H3,(H,32,36)/t25-/m0/s1. The van der Waals surface area contributed by atoms with E-state index in [1.807, 2.05) is 25.1 Å². The number of hydrogen-bond donors (Lipinski definition) is 1. The number of carbonyl (C=O) groups excluding carboxylic acids is 2. The highest BCUT2D eigenvalue weighted by Gasteiger charge is 2.34. The number of sulfonamides is 1. The lowest BCUT2D eigenvalue weighted by Gasteiger charge is -2.33. The van der Waals surface area contributed by atoms with E-state index in [1.165, 1.54) is 18.0 Å². The minimum atomic E-state index is -4.71. The first-order valence-corrected chi connectivity index (χ1v) is 13.9. The van der Waals surface area contributed by atoms with E-state index in [0.29, 0.717) is 10.4 Å². The number of hydrogen-bond acceptors (Lipinski definition) is 4. The number of likely N-dealkylation sites (N-methyl/N-ethyl adjacent to an activating group) is 1. The molecule has 0 heterocycles. The highest BCUT2D eigenvalue weighted by Crippen LogP contribution is 2.32. The number of carbonyl (C=O) groups is 2. The molecule has 208 valence electrons. The molecule has 3 rings (SSSR count). The summed E-state index contributed by atoms with van der Waals surface area (Å²) in [5.41, 5.74) is 0.995. The fourth-order valence-corrected chi connectivity index (χ4v) is 4.98. The van der Waals surface area contributed by atoms with E-state index in [4.69, 9.17) is 0 Å². The largest absolute Gasteiger partial charge is 0.416 e. The van der Waals surface area contributed by atoms with Gasteiger partial charge in [0, 0.05) is 20.0 Å². The van der Waals surface area contributed by atoms with Crippen molar-refractivity contribution in [1.82, 2.24) is 10.2 Å². The molecule has 0 saturated carbocycles. The normalized spacial score (nSPS) is 12.5. The molecule has 0 aliphatic heterocycles. The number of amides is 2. The topological polar surface area (TPSA) is 86.8 Å². The molecular weight excluding hydrogens is 531 g/mol. The minimum Gasteiger partial charge on any atom is -0.357 e. The Morgan fingerprint density at radius 1 is 0.949 bits per heavy atom. The SMILES string of the molecule is CNC(=O)[C@H](Cc1ccccc1)N(Cc1ccccc1C)C(=O)CN(c1cccc(C(F)(F)F)c1)S(C)(=O)=O. The van der Waals surface area contributed by atoms with E-state index in [1.54, 1.807) is 36.4 Å². The van der Waals surface area contributed by atoms with Gasteiger partial charge in [-0.05, 0) is 41.8 Å². The molecule has 2 amide bonds. The van der Waals surface area contributed by atoms with Gasteiger partial charge in [-0.15, -0.1) is 0 Å². The van der Waals surface area contributed by atoms with Crippen LogP contribution in [-0.4, -0.2) is 51.0 Å². The van der Waals surface area contributed by atoms with Gasteiger partial charge in [0.1, 0.15) is 12.6 Å². The Labute approximate surface area is 226 Å². The molecule has 0 radical (unpaired) electrons. The van der Waals surface area contributed by atoms with Crippen LogP contribution in [0.5, 0.6) is 0 Å². The molecule has 7 nitrogen and oxygen atoms in total. The predicted octanol–water partition coefficient (Wildman–Crippen LogP) is 4.17. The first kappa shape index (κ1) is 29.7. The van der Waals surface area contributed by atoms with Crippen molar-refractivity contribution in [3.05, 3.63) is 101 Å². The van der Waals surface area contributed by atoms with Crippen LogP contribution in [0.15, 0.2) is 78.9 Å². The van der Waals surface area contributed by atoms with Gasteiger partial charge >= 0.3 is 6.18 Å². The van der Waals surface area contributed by atoms with Crippen LogP contribution in [0.3, 0.4) is 0 Å². The fourth-order valence-electron chi connectivity index (χ4n) is 4.14. The molecule has 0 saturated heterocycles. The zero-order valence-electron chi connectivity index (χ0n) is 21.8. The molecule has 11 heteroatoms. The van der Waals surface area contributed by atoms with Gasteiger partial charge in [-0.25, -0.2) is 8.42 Å². The van der Waals surface area contributed by atoms with Crippen LogP contribution in [0.4, 0.5) is 18.9 Å². The summed E-state index contributed by atoms with van der Waals surface area (Å²) in [5.74, 6) is -1.21. The second-order valence-electron chi connectivity index (χ2n) is 9.09. The summed E-state index contributed by atoms with van der Waals surface area (Å²) in [6, 6.07) is 19.0. The average Bonchev–Trinajstić information content (AvgIpc) is 2.89. The molecule has 0 spiro atoms. The molecule has 0 unspecified atom stereocenters. The molecule has 3 aromatic carbocycles. The van der Waals surface area contributed by atoms with Crippen molar-refractivity contribution in [2.24, 2.45) is 0 Å². The van der Waals surface area contributed by atoms with E-state index < -0.39 is 46.2 Å². The maximum Gasteiger partial charge on any atom is 0.416 e. The average molecular weight is 562 g/mol. The Morgan fingerprint density at radius 3 is 2.18 bits per heavy atom. The lowest BCUT2D eigenvalue weighted by atomic mass is 10.0. The third-order valence-electron chi connectivity index (χ3n) is 6.26. The molecule has 1 N–H and O–H groups in total. The first-order valence-electron chi connectivity index (χ1n) is 12.1.